The minimum Gasteiger partial charge on any atom is -0.469 e. The number of methoxy groups -OCH3 is 1. The van der Waals surface area contributed by atoms with Crippen LogP contribution in [-0.2, 0) is 19.6 Å². The van der Waals surface area contributed by atoms with Crippen molar-refractivity contribution < 1.29 is 17.9 Å². The van der Waals surface area contributed by atoms with Crippen LogP contribution < -0.4 is 4.72 Å². The summed E-state index contributed by atoms with van der Waals surface area (Å²) in [5.41, 5.74) is 0. The van der Waals surface area contributed by atoms with Gasteiger partial charge in [0.1, 0.15) is 0 Å². The second-order valence-corrected chi connectivity index (χ2v) is 7.32. The zero-order valence-electron chi connectivity index (χ0n) is 8.97. The third-order valence-electron chi connectivity index (χ3n) is 1.74. The zero-order valence-corrected chi connectivity index (χ0v) is 12.2. The molecule has 17 heavy (non-hydrogen) atoms. The van der Waals surface area contributed by atoms with Gasteiger partial charge in [-0.15, -0.1) is 0 Å². The molecule has 0 bridgehead atoms. The lowest BCUT2D eigenvalue weighted by atomic mass is 10.3. The number of thiazole rings is 1. The second kappa shape index (κ2) is 6.31. The highest BCUT2D eigenvalue weighted by atomic mass is 79.9. The Morgan fingerprint density at radius 2 is 2.35 bits per heavy atom. The number of carbonyl (C=O) groups excluding carboxylic acids is 1. The van der Waals surface area contributed by atoms with Crippen molar-refractivity contribution in [3.63, 3.8) is 0 Å². The number of nitrogens with zero attached hydrogens (tertiary/aromatic N) is 1. The van der Waals surface area contributed by atoms with Crippen molar-refractivity contribution in [2.24, 2.45) is 0 Å². The molecule has 0 aromatic carbocycles. The number of rotatable bonds is 6. The lowest BCUT2D eigenvalue weighted by Crippen LogP contribution is -2.17. The summed E-state index contributed by atoms with van der Waals surface area (Å²) >= 11 is 4.36. The van der Waals surface area contributed by atoms with Crippen molar-refractivity contribution in [1.82, 2.24) is 4.98 Å². The number of esters is 1. The summed E-state index contributed by atoms with van der Waals surface area (Å²) in [5, 5.41) is 0.301. The average Bonchev–Trinajstić information content (AvgIpc) is 2.62. The van der Waals surface area contributed by atoms with E-state index in [2.05, 4.69) is 30.4 Å². The molecule has 6 nitrogen and oxygen atoms in total. The molecular formula is C8H11BrN2O4S2. The molecule has 1 aromatic heterocycles. The van der Waals surface area contributed by atoms with Gasteiger partial charge in [-0.2, -0.15) is 0 Å². The zero-order chi connectivity index (χ0) is 12.9. The third-order valence-corrected chi connectivity index (χ3v) is 4.59. The van der Waals surface area contributed by atoms with Crippen molar-refractivity contribution in [3.05, 3.63) is 9.98 Å². The van der Waals surface area contributed by atoms with Gasteiger partial charge < -0.3 is 4.74 Å². The maximum absolute atomic E-state index is 11.6. The van der Waals surface area contributed by atoms with Crippen molar-refractivity contribution in [2.75, 3.05) is 17.6 Å². The van der Waals surface area contributed by atoms with Crippen LogP contribution in [-0.4, -0.2) is 32.2 Å². The highest BCUT2D eigenvalue weighted by Gasteiger charge is 2.13. The van der Waals surface area contributed by atoms with Gasteiger partial charge in [-0.1, -0.05) is 11.3 Å². The first-order chi connectivity index (χ1) is 7.93. The molecule has 0 saturated heterocycles. The van der Waals surface area contributed by atoms with Crippen molar-refractivity contribution in [3.8, 4) is 0 Å². The Morgan fingerprint density at radius 3 is 2.88 bits per heavy atom. The summed E-state index contributed by atoms with van der Waals surface area (Å²) in [6.07, 6.45) is 1.81. The Kier molecular flexibility index (Phi) is 5.34. The maximum atomic E-state index is 11.6. The van der Waals surface area contributed by atoms with Gasteiger partial charge in [-0.3, -0.25) is 9.52 Å². The predicted octanol–water partition coefficient (Wildman–Crippen LogP) is 1.60. The number of anilines is 1. The van der Waals surface area contributed by atoms with Gasteiger partial charge in [-0.05, 0) is 22.4 Å². The Balaban J connectivity index is 2.44. The molecule has 1 N–H and O–H groups in total. The van der Waals surface area contributed by atoms with E-state index in [4.69, 9.17) is 0 Å². The summed E-state index contributed by atoms with van der Waals surface area (Å²) < 4.78 is 30.6. The fraction of sp³-hybridized carbons (Fsp3) is 0.500. The van der Waals surface area contributed by atoms with E-state index < -0.39 is 16.0 Å². The maximum Gasteiger partial charge on any atom is 0.305 e. The van der Waals surface area contributed by atoms with Crippen LogP contribution in [0.2, 0.25) is 0 Å². The minimum atomic E-state index is -3.46. The summed E-state index contributed by atoms with van der Waals surface area (Å²) in [6.45, 7) is 0. The van der Waals surface area contributed by atoms with Crippen LogP contribution >= 0.6 is 27.3 Å². The first kappa shape index (κ1) is 14.4. The molecule has 9 heteroatoms. The Hall–Kier alpha value is -0.670. The third kappa shape index (κ3) is 5.46. The van der Waals surface area contributed by atoms with Crippen LogP contribution in [0.5, 0.6) is 0 Å². The van der Waals surface area contributed by atoms with E-state index in [1.54, 1.807) is 0 Å². The highest BCUT2D eigenvalue weighted by Crippen LogP contribution is 2.24. The molecule has 1 rings (SSSR count). The van der Waals surface area contributed by atoms with Crippen LogP contribution in [0.25, 0.3) is 0 Å². The quantitative estimate of drug-likeness (QED) is 0.793. The Bertz CT molecular complexity index is 485. The van der Waals surface area contributed by atoms with Crippen LogP contribution in [0, 0.1) is 0 Å². The van der Waals surface area contributed by atoms with Crippen LogP contribution in [0.3, 0.4) is 0 Å². The fourth-order valence-electron chi connectivity index (χ4n) is 0.994. The first-order valence-corrected chi connectivity index (χ1v) is 7.88. The topological polar surface area (TPSA) is 85.4 Å². The Labute approximate surface area is 112 Å². The lowest BCUT2D eigenvalue weighted by molar-refractivity contribution is -0.140. The molecule has 1 heterocycles. The van der Waals surface area contributed by atoms with Gasteiger partial charge in [0, 0.05) is 6.42 Å². The highest BCUT2D eigenvalue weighted by molar-refractivity contribution is 9.11. The van der Waals surface area contributed by atoms with Crippen LogP contribution in [0.1, 0.15) is 12.8 Å². The fourth-order valence-corrected chi connectivity index (χ4v) is 3.44. The number of nitrogens with one attached hydrogen (secondary N) is 1. The SMILES string of the molecule is COC(=O)CCCS(=O)(=O)Nc1ncc(Br)s1. The van der Waals surface area contributed by atoms with E-state index in [1.807, 2.05) is 0 Å². The van der Waals surface area contributed by atoms with Crippen molar-refractivity contribution >= 4 is 48.4 Å². The average molecular weight is 343 g/mol. The second-order valence-electron chi connectivity index (χ2n) is 3.07. The summed E-state index contributed by atoms with van der Waals surface area (Å²) in [5.74, 6) is -0.559. The van der Waals surface area contributed by atoms with Gasteiger partial charge in [0.25, 0.3) is 0 Å². The van der Waals surface area contributed by atoms with Crippen LogP contribution in [0.4, 0.5) is 5.13 Å². The number of hydrogen-bond acceptors (Lipinski definition) is 6. The van der Waals surface area contributed by atoms with E-state index >= 15 is 0 Å². The number of halogens is 1. The molecule has 0 aliphatic rings. The molecular weight excluding hydrogens is 332 g/mol. The molecule has 0 unspecified atom stereocenters. The number of sulfonamides is 1. The molecule has 0 amide bonds. The number of carbonyl (C=O) groups is 1. The van der Waals surface area contributed by atoms with E-state index in [0.717, 1.165) is 3.79 Å². The molecule has 96 valence electrons. The van der Waals surface area contributed by atoms with Gasteiger partial charge in [0.2, 0.25) is 10.0 Å². The first-order valence-electron chi connectivity index (χ1n) is 4.61. The van der Waals surface area contributed by atoms with Gasteiger partial charge >= 0.3 is 5.97 Å². The van der Waals surface area contributed by atoms with Gasteiger partial charge in [-0.25, -0.2) is 13.4 Å². The molecule has 1 aromatic rings. The molecule has 0 aliphatic carbocycles. The predicted molar refractivity (Wildman–Crippen MR) is 68.5 cm³/mol. The summed E-state index contributed by atoms with van der Waals surface area (Å²) in [4.78, 5) is 14.7. The van der Waals surface area contributed by atoms with E-state index in [-0.39, 0.29) is 18.6 Å². The van der Waals surface area contributed by atoms with Gasteiger partial charge in [0.05, 0.1) is 22.8 Å². The van der Waals surface area contributed by atoms with Gasteiger partial charge in [0.15, 0.2) is 5.13 Å². The number of hydrogen-bond donors (Lipinski definition) is 1. The lowest BCUT2D eigenvalue weighted by Gasteiger charge is -2.04. The summed E-state index contributed by atoms with van der Waals surface area (Å²) in [6, 6.07) is 0. The molecule has 0 aliphatic heterocycles. The monoisotopic (exact) mass is 342 g/mol. The minimum absolute atomic E-state index is 0.0823. The molecule has 0 fully saturated rings. The molecule has 0 spiro atoms. The molecule has 0 radical (unpaired) electrons. The Morgan fingerprint density at radius 1 is 1.65 bits per heavy atom. The molecule has 0 atom stereocenters. The largest absolute Gasteiger partial charge is 0.469 e. The molecule has 0 saturated carbocycles. The van der Waals surface area contributed by atoms with E-state index in [9.17, 15) is 13.2 Å². The standard InChI is InChI=1S/C8H11BrN2O4S2/c1-15-7(12)3-2-4-17(13,14)11-8-10-5-6(9)16-8/h5H,2-4H2,1H3,(H,10,11). The normalized spacial score (nSPS) is 11.2. The smallest absolute Gasteiger partial charge is 0.305 e. The van der Waals surface area contributed by atoms with Crippen molar-refractivity contribution in [1.29, 1.82) is 0 Å². The van der Waals surface area contributed by atoms with E-state index in [1.165, 1.54) is 24.6 Å². The number of aromatic nitrogens is 1. The van der Waals surface area contributed by atoms with E-state index in [0.29, 0.717) is 5.13 Å². The van der Waals surface area contributed by atoms with Crippen LogP contribution in [0.15, 0.2) is 9.98 Å². The number of ether oxygens (including phenoxy) is 1. The van der Waals surface area contributed by atoms with Crippen molar-refractivity contribution in [2.45, 2.75) is 12.8 Å². The summed E-state index contributed by atoms with van der Waals surface area (Å²) in [7, 11) is -2.19.